The monoisotopic (exact) mass is 404 g/mol. The lowest BCUT2D eigenvalue weighted by Gasteiger charge is -2.13. The molecule has 0 aliphatic carbocycles. The van der Waals surface area contributed by atoms with E-state index in [1.54, 1.807) is 18.4 Å². The highest BCUT2D eigenvalue weighted by Gasteiger charge is 2.27. The van der Waals surface area contributed by atoms with Crippen molar-refractivity contribution in [1.29, 1.82) is 0 Å². The number of likely N-dealkylation sites (tertiary alicyclic amines) is 1. The lowest BCUT2D eigenvalue weighted by Crippen LogP contribution is -2.33. The Morgan fingerprint density at radius 2 is 2.04 bits per heavy atom. The van der Waals surface area contributed by atoms with E-state index in [9.17, 15) is 19.2 Å². The van der Waals surface area contributed by atoms with Gasteiger partial charge in [-0.15, -0.1) is 11.3 Å². The molecule has 0 unspecified atom stereocenters. The first-order chi connectivity index (χ1) is 13.4. The fourth-order valence-electron chi connectivity index (χ4n) is 2.79. The van der Waals surface area contributed by atoms with Gasteiger partial charge >= 0.3 is 0 Å². The number of aromatic nitrogens is 1. The molecule has 0 radical (unpaired) electrons. The number of carbonyl (C=O) groups excluding carboxylic acids is 4. The van der Waals surface area contributed by atoms with Crippen LogP contribution in [-0.2, 0) is 20.8 Å². The van der Waals surface area contributed by atoms with Gasteiger partial charge in [0.2, 0.25) is 17.7 Å². The van der Waals surface area contributed by atoms with Crippen molar-refractivity contribution in [3.05, 3.63) is 34.7 Å². The first-order valence-corrected chi connectivity index (χ1v) is 9.71. The Bertz CT molecular complexity index is 887. The second-order valence-corrected chi connectivity index (χ2v) is 7.17. The Labute approximate surface area is 165 Å². The number of aryl methyl sites for hydroxylation is 1. The van der Waals surface area contributed by atoms with Crippen molar-refractivity contribution in [3.63, 3.8) is 0 Å². The molecule has 0 spiro atoms. The molecule has 1 fully saturated rings. The van der Waals surface area contributed by atoms with E-state index in [0.29, 0.717) is 41.7 Å². The van der Waals surface area contributed by atoms with Crippen LogP contribution in [0.1, 0.15) is 41.1 Å². The van der Waals surface area contributed by atoms with Gasteiger partial charge in [0.1, 0.15) is 5.76 Å². The molecule has 0 bridgehead atoms. The van der Waals surface area contributed by atoms with Crippen LogP contribution in [-0.4, -0.2) is 46.6 Å². The van der Waals surface area contributed by atoms with Gasteiger partial charge in [-0.2, -0.15) is 0 Å². The number of carbonyl (C=O) groups is 4. The maximum absolute atomic E-state index is 12.1. The van der Waals surface area contributed by atoms with Crippen LogP contribution >= 0.6 is 11.3 Å². The number of nitrogens with zero attached hydrogens (tertiary/aromatic N) is 2. The molecular weight excluding hydrogens is 384 g/mol. The average molecular weight is 404 g/mol. The Hall–Kier alpha value is -3.01. The van der Waals surface area contributed by atoms with Crippen LogP contribution in [0.4, 0.5) is 5.13 Å². The van der Waals surface area contributed by atoms with Gasteiger partial charge in [-0.25, -0.2) is 4.98 Å². The van der Waals surface area contributed by atoms with E-state index in [2.05, 4.69) is 15.6 Å². The van der Waals surface area contributed by atoms with Gasteiger partial charge in [0.05, 0.1) is 23.9 Å². The van der Waals surface area contributed by atoms with Crippen molar-refractivity contribution in [2.45, 2.75) is 32.6 Å². The summed E-state index contributed by atoms with van der Waals surface area (Å²) in [5.74, 6) is -0.320. The zero-order chi connectivity index (χ0) is 20.1. The fraction of sp³-hybridized carbons (Fsp3) is 0.389. The van der Waals surface area contributed by atoms with Crippen LogP contribution in [0.2, 0.25) is 0 Å². The van der Waals surface area contributed by atoms with Crippen LogP contribution in [0.25, 0.3) is 0 Å². The summed E-state index contributed by atoms with van der Waals surface area (Å²) in [7, 11) is 0. The third-order valence-electron chi connectivity index (χ3n) is 4.25. The highest BCUT2D eigenvalue weighted by atomic mass is 32.1. The van der Waals surface area contributed by atoms with E-state index in [-0.39, 0.29) is 42.9 Å². The summed E-state index contributed by atoms with van der Waals surface area (Å²) in [6.45, 7) is 2.38. The van der Waals surface area contributed by atoms with E-state index >= 15 is 0 Å². The highest BCUT2D eigenvalue weighted by molar-refractivity contribution is 7.14. The summed E-state index contributed by atoms with van der Waals surface area (Å²) in [6.07, 6.45) is 2.57. The summed E-state index contributed by atoms with van der Waals surface area (Å²) >= 11 is 1.23. The number of thiazole rings is 1. The van der Waals surface area contributed by atoms with Crippen LogP contribution in [0.5, 0.6) is 0 Å². The SMILES string of the molecule is Cc1occc1C(=O)Nc1nc(CC(=O)NCCCN2C(=O)CCC2=O)cs1. The van der Waals surface area contributed by atoms with Gasteiger partial charge in [-0.1, -0.05) is 0 Å². The fourth-order valence-corrected chi connectivity index (χ4v) is 3.50. The van der Waals surface area contributed by atoms with Crippen molar-refractivity contribution in [3.8, 4) is 0 Å². The zero-order valence-corrected chi connectivity index (χ0v) is 16.1. The summed E-state index contributed by atoms with van der Waals surface area (Å²) in [4.78, 5) is 52.6. The number of furan rings is 1. The number of anilines is 1. The van der Waals surface area contributed by atoms with E-state index in [1.807, 2.05) is 0 Å². The highest BCUT2D eigenvalue weighted by Crippen LogP contribution is 2.18. The third-order valence-corrected chi connectivity index (χ3v) is 5.06. The number of nitrogens with one attached hydrogen (secondary N) is 2. The molecule has 2 N–H and O–H groups in total. The van der Waals surface area contributed by atoms with Gasteiger partial charge in [0.25, 0.3) is 5.91 Å². The first-order valence-electron chi connectivity index (χ1n) is 8.84. The second-order valence-electron chi connectivity index (χ2n) is 6.31. The summed E-state index contributed by atoms with van der Waals surface area (Å²) in [5.41, 5.74) is 0.982. The first kappa shape index (κ1) is 19.7. The quantitative estimate of drug-likeness (QED) is 0.508. The van der Waals surface area contributed by atoms with E-state index in [4.69, 9.17) is 4.42 Å². The van der Waals surface area contributed by atoms with Crippen LogP contribution in [0.3, 0.4) is 0 Å². The molecule has 1 aliphatic heterocycles. The maximum Gasteiger partial charge on any atom is 0.260 e. The van der Waals surface area contributed by atoms with E-state index in [0.717, 1.165) is 0 Å². The zero-order valence-electron chi connectivity index (χ0n) is 15.3. The molecular formula is C18H20N4O5S. The topological polar surface area (TPSA) is 122 Å². The van der Waals surface area contributed by atoms with Crippen LogP contribution in [0, 0.1) is 6.92 Å². The van der Waals surface area contributed by atoms with Crippen molar-refractivity contribution in [2.24, 2.45) is 0 Å². The smallest absolute Gasteiger partial charge is 0.260 e. The molecule has 2 aromatic heterocycles. The van der Waals surface area contributed by atoms with Crippen molar-refractivity contribution in [1.82, 2.24) is 15.2 Å². The molecule has 1 saturated heterocycles. The molecule has 0 atom stereocenters. The lowest BCUT2D eigenvalue weighted by molar-refractivity contribution is -0.138. The minimum Gasteiger partial charge on any atom is -0.469 e. The standard InChI is InChI=1S/C18H20N4O5S/c1-11-13(5-8-27-11)17(26)21-18-20-12(10-28-18)9-14(23)19-6-2-7-22-15(24)3-4-16(22)25/h5,8,10H,2-4,6-7,9H2,1H3,(H,19,23)(H,20,21,26). The molecule has 1 aliphatic rings. The minimum absolute atomic E-state index is 0.0820. The van der Waals surface area contributed by atoms with Gasteiger partial charge in [-0.3, -0.25) is 29.4 Å². The largest absolute Gasteiger partial charge is 0.469 e. The number of amides is 4. The summed E-state index contributed by atoms with van der Waals surface area (Å²) in [5, 5.41) is 7.53. The number of hydrogen-bond donors (Lipinski definition) is 2. The Morgan fingerprint density at radius 1 is 1.29 bits per heavy atom. The molecule has 28 heavy (non-hydrogen) atoms. The van der Waals surface area contributed by atoms with Crippen molar-refractivity contribution >= 4 is 40.1 Å². The number of rotatable bonds is 8. The lowest BCUT2D eigenvalue weighted by atomic mass is 10.2. The molecule has 9 nitrogen and oxygen atoms in total. The van der Waals surface area contributed by atoms with E-state index in [1.165, 1.54) is 22.5 Å². The van der Waals surface area contributed by atoms with Crippen LogP contribution in [0.15, 0.2) is 22.1 Å². The molecule has 3 rings (SSSR count). The molecule has 3 heterocycles. The predicted molar refractivity (Wildman–Crippen MR) is 101 cm³/mol. The molecule has 0 aromatic carbocycles. The number of imide groups is 1. The predicted octanol–water partition coefficient (Wildman–Crippen LogP) is 1.49. The molecule has 0 saturated carbocycles. The molecule has 2 aromatic rings. The van der Waals surface area contributed by atoms with Crippen molar-refractivity contribution < 1.29 is 23.6 Å². The van der Waals surface area contributed by atoms with Gasteiger partial charge in [0, 0.05) is 31.3 Å². The van der Waals surface area contributed by atoms with Gasteiger partial charge in [0.15, 0.2) is 5.13 Å². The normalized spacial score (nSPS) is 13.8. The molecule has 10 heteroatoms. The summed E-state index contributed by atoms with van der Waals surface area (Å²) in [6, 6.07) is 1.58. The van der Waals surface area contributed by atoms with Crippen LogP contribution < -0.4 is 10.6 Å². The average Bonchev–Trinajstić information content (AvgIpc) is 3.35. The van der Waals surface area contributed by atoms with Gasteiger partial charge in [-0.05, 0) is 19.4 Å². The maximum atomic E-state index is 12.1. The molecule has 148 valence electrons. The molecule has 4 amide bonds. The van der Waals surface area contributed by atoms with Gasteiger partial charge < -0.3 is 9.73 Å². The Balaban J connectivity index is 1.40. The third kappa shape index (κ3) is 4.83. The minimum atomic E-state index is -0.317. The second kappa shape index (κ2) is 8.79. The summed E-state index contributed by atoms with van der Waals surface area (Å²) < 4.78 is 5.10. The van der Waals surface area contributed by atoms with E-state index < -0.39 is 0 Å². The Morgan fingerprint density at radius 3 is 2.71 bits per heavy atom. The van der Waals surface area contributed by atoms with Crippen molar-refractivity contribution in [2.75, 3.05) is 18.4 Å². The number of hydrogen-bond acceptors (Lipinski definition) is 7. The Kier molecular flexibility index (Phi) is 6.19.